The van der Waals surface area contributed by atoms with Crippen molar-refractivity contribution in [2.24, 2.45) is 0 Å². The summed E-state index contributed by atoms with van der Waals surface area (Å²) in [5, 5.41) is 2.38. The van der Waals surface area contributed by atoms with Crippen molar-refractivity contribution >= 4 is 46.6 Å². The summed E-state index contributed by atoms with van der Waals surface area (Å²) in [6, 6.07) is 10.00. The lowest BCUT2D eigenvalue weighted by molar-refractivity contribution is -0.122. The summed E-state index contributed by atoms with van der Waals surface area (Å²) < 4.78 is 14.4. The van der Waals surface area contributed by atoms with E-state index in [9.17, 15) is 14.0 Å². The molecule has 32 heavy (non-hydrogen) atoms. The van der Waals surface area contributed by atoms with Crippen molar-refractivity contribution in [3.63, 3.8) is 0 Å². The van der Waals surface area contributed by atoms with Crippen LogP contribution in [0.3, 0.4) is 0 Å². The molecule has 4 rings (SSSR count). The Morgan fingerprint density at radius 1 is 1.19 bits per heavy atom. The van der Waals surface area contributed by atoms with Crippen LogP contribution in [0.2, 0.25) is 0 Å². The number of carbonyl (C=O) groups excluding carboxylic acids is 2. The van der Waals surface area contributed by atoms with E-state index in [0.29, 0.717) is 5.92 Å². The first-order valence-corrected chi connectivity index (χ1v) is 11.0. The molecule has 2 aromatic rings. The Balaban J connectivity index is 1.79. The Kier molecular flexibility index (Phi) is 5.41. The molecule has 2 aliphatic rings. The van der Waals surface area contributed by atoms with Gasteiger partial charge in [0.05, 0.1) is 5.69 Å². The van der Waals surface area contributed by atoms with Crippen LogP contribution >= 0.6 is 12.2 Å². The van der Waals surface area contributed by atoms with Gasteiger partial charge in [-0.2, -0.15) is 0 Å². The standard InChI is InChI=1S/C25H26FN3O2S/c1-14-10-21-17(15(2)13-25(3,4)28(21)5)11-16(14)12-18-22(30)27-24(32)29(23(18)31)20-9-7-6-8-19(20)26/h6-12,15H,13H2,1-5H3,(H,27,30,32)/b18-12+/t15-/m1/s1. The number of aryl methyl sites for hydroxylation is 1. The van der Waals surface area contributed by atoms with Crippen molar-refractivity contribution in [1.82, 2.24) is 5.32 Å². The Bertz CT molecular complexity index is 1190. The summed E-state index contributed by atoms with van der Waals surface area (Å²) in [7, 11) is 2.09. The molecule has 7 heteroatoms. The molecule has 5 nitrogen and oxygen atoms in total. The zero-order chi connectivity index (χ0) is 23.4. The fourth-order valence-corrected chi connectivity index (χ4v) is 4.83. The number of nitrogens with one attached hydrogen (secondary N) is 1. The third-order valence-electron chi connectivity index (χ3n) is 6.52. The van der Waals surface area contributed by atoms with Crippen LogP contribution < -0.4 is 15.1 Å². The van der Waals surface area contributed by atoms with E-state index in [2.05, 4.69) is 50.2 Å². The highest BCUT2D eigenvalue weighted by molar-refractivity contribution is 7.80. The molecule has 1 atom stereocenters. The quantitative estimate of drug-likeness (QED) is 0.409. The summed E-state index contributed by atoms with van der Waals surface area (Å²) in [6.07, 6.45) is 2.57. The van der Waals surface area contributed by atoms with E-state index in [1.54, 1.807) is 12.1 Å². The SMILES string of the molecule is Cc1cc2c(cc1/C=C1\C(=O)NC(=S)N(c3ccccc3F)C1=O)[C@H](C)CC(C)(C)N2C. The van der Waals surface area contributed by atoms with E-state index in [4.69, 9.17) is 12.2 Å². The van der Waals surface area contributed by atoms with Crippen molar-refractivity contribution in [3.8, 4) is 0 Å². The van der Waals surface area contributed by atoms with Crippen molar-refractivity contribution in [3.05, 3.63) is 64.5 Å². The number of hydrogen-bond donors (Lipinski definition) is 1. The minimum Gasteiger partial charge on any atom is -0.369 e. The summed E-state index contributed by atoms with van der Waals surface area (Å²) >= 11 is 5.17. The molecule has 0 spiro atoms. The number of anilines is 2. The highest BCUT2D eigenvalue weighted by Crippen LogP contribution is 2.43. The molecule has 2 amide bonds. The van der Waals surface area contributed by atoms with E-state index in [1.807, 2.05) is 6.92 Å². The van der Waals surface area contributed by atoms with Gasteiger partial charge in [-0.25, -0.2) is 9.29 Å². The monoisotopic (exact) mass is 451 g/mol. The van der Waals surface area contributed by atoms with Crippen LogP contribution in [0.1, 0.15) is 49.8 Å². The summed E-state index contributed by atoms with van der Waals surface area (Å²) in [5.41, 5.74) is 4.02. The number of thiocarbonyl (C=S) groups is 1. The van der Waals surface area contributed by atoms with Gasteiger partial charge in [0, 0.05) is 18.3 Å². The van der Waals surface area contributed by atoms with Gasteiger partial charge in [-0.1, -0.05) is 19.1 Å². The first-order valence-electron chi connectivity index (χ1n) is 10.6. The van der Waals surface area contributed by atoms with Gasteiger partial charge in [0.15, 0.2) is 5.11 Å². The van der Waals surface area contributed by atoms with Gasteiger partial charge in [0.2, 0.25) is 0 Å². The molecule has 0 radical (unpaired) electrons. The van der Waals surface area contributed by atoms with Gasteiger partial charge in [-0.3, -0.25) is 14.9 Å². The van der Waals surface area contributed by atoms with Crippen molar-refractivity contribution in [2.45, 2.75) is 45.6 Å². The lowest BCUT2D eigenvalue weighted by Crippen LogP contribution is -2.54. The second-order valence-corrected chi connectivity index (χ2v) is 9.54. The lowest BCUT2D eigenvalue weighted by Gasteiger charge is -2.45. The Morgan fingerprint density at radius 3 is 2.56 bits per heavy atom. The molecular formula is C25H26FN3O2S. The van der Waals surface area contributed by atoms with Crippen molar-refractivity contribution in [2.75, 3.05) is 16.8 Å². The molecule has 166 valence electrons. The molecule has 0 aromatic heterocycles. The Morgan fingerprint density at radius 2 is 1.88 bits per heavy atom. The number of fused-ring (bicyclic) bond motifs is 1. The molecule has 2 aliphatic heterocycles. The van der Waals surface area contributed by atoms with Crippen LogP contribution in [0.25, 0.3) is 6.08 Å². The van der Waals surface area contributed by atoms with Crippen molar-refractivity contribution < 1.29 is 14.0 Å². The normalized spacial score (nSPS) is 21.6. The highest BCUT2D eigenvalue weighted by atomic mass is 32.1. The van der Waals surface area contributed by atoms with Gasteiger partial charge in [0.25, 0.3) is 11.8 Å². The number of carbonyl (C=O) groups is 2. The van der Waals surface area contributed by atoms with Crippen LogP contribution in [0, 0.1) is 12.7 Å². The zero-order valence-electron chi connectivity index (χ0n) is 18.8. The van der Waals surface area contributed by atoms with E-state index < -0.39 is 17.6 Å². The molecule has 1 N–H and O–H groups in total. The summed E-state index contributed by atoms with van der Waals surface area (Å²) in [4.78, 5) is 29.2. The third kappa shape index (κ3) is 3.60. The van der Waals surface area contributed by atoms with Crippen LogP contribution in [-0.2, 0) is 9.59 Å². The number of hydrogen-bond acceptors (Lipinski definition) is 4. The number of halogens is 1. The molecule has 0 unspecified atom stereocenters. The number of rotatable bonds is 2. The molecule has 1 saturated heterocycles. The van der Waals surface area contributed by atoms with Gasteiger partial charge in [-0.15, -0.1) is 0 Å². The predicted molar refractivity (Wildman–Crippen MR) is 129 cm³/mol. The molecule has 0 saturated carbocycles. The highest BCUT2D eigenvalue weighted by Gasteiger charge is 2.37. The van der Waals surface area contributed by atoms with Crippen LogP contribution in [-0.4, -0.2) is 29.5 Å². The van der Waals surface area contributed by atoms with Crippen molar-refractivity contribution in [1.29, 1.82) is 0 Å². The van der Waals surface area contributed by atoms with Crippen LogP contribution in [0.4, 0.5) is 15.8 Å². The number of amides is 2. The average Bonchev–Trinajstić information content (AvgIpc) is 2.71. The average molecular weight is 452 g/mol. The number of benzene rings is 2. The topological polar surface area (TPSA) is 52.7 Å². The first-order chi connectivity index (χ1) is 15.0. The molecule has 2 aromatic carbocycles. The van der Waals surface area contributed by atoms with Crippen LogP contribution in [0.15, 0.2) is 42.0 Å². The number of para-hydroxylation sites is 1. The minimum atomic E-state index is -0.646. The molecule has 0 bridgehead atoms. The minimum absolute atomic E-state index is 0.00745. The van der Waals surface area contributed by atoms with Gasteiger partial charge in [0.1, 0.15) is 11.4 Å². The van der Waals surface area contributed by atoms with E-state index >= 15 is 0 Å². The lowest BCUT2D eigenvalue weighted by atomic mass is 9.79. The second-order valence-electron chi connectivity index (χ2n) is 9.15. The maximum atomic E-state index is 14.4. The third-order valence-corrected chi connectivity index (χ3v) is 6.80. The molecule has 1 fully saturated rings. The second kappa shape index (κ2) is 7.81. The van der Waals surface area contributed by atoms with E-state index in [-0.39, 0.29) is 21.9 Å². The van der Waals surface area contributed by atoms with Gasteiger partial charge >= 0.3 is 0 Å². The maximum absolute atomic E-state index is 14.4. The van der Waals surface area contributed by atoms with E-state index in [1.165, 1.54) is 23.8 Å². The maximum Gasteiger partial charge on any atom is 0.270 e. The summed E-state index contributed by atoms with van der Waals surface area (Å²) in [6.45, 7) is 8.60. The zero-order valence-corrected chi connectivity index (χ0v) is 19.6. The van der Waals surface area contributed by atoms with E-state index in [0.717, 1.165) is 28.1 Å². The Labute approximate surface area is 192 Å². The van der Waals surface area contributed by atoms with Gasteiger partial charge in [-0.05, 0) is 92.4 Å². The fourth-order valence-electron chi connectivity index (χ4n) is 4.55. The predicted octanol–water partition coefficient (Wildman–Crippen LogP) is 4.69. The Hall–Kier alpha value is -3.06. The van der Waals surface area contributed by atoms with Crippen LogP contribution in [0.5, 0.6) is 0 Å². The smallest absolute Gasteiger partial charge is 0.270 e. The largest absolute Gasteiger partial charge is 0.369 e. The fraction of sp³-hybridized carbons (Fsp3) is 0.320. The number of nitrogens with zero attached hydrogens (tertiary/aromatic N) is 2. The molecule has 2 heterocycles. The first kappa shape index (κ1) is 22.1. The summed E-state index contributed by atoms with van der Waals surface area (Å²) in [5.74, 6) is -1.50. The van der Waals surface area contributed by atoms with Gasteiger partial charge < -0.3 is 4.90 Å². The molecular weight excluding hydrogens is 425 g/mol. The molecule has 0 aliphatic carbocycles.